The van der Waals surface area contributed by atoms with Crippen LogP contribution in [0.25, 0.3) is 0 Å². The Bertz CT molecular complexity index is 413. The predicted molar refractivity (Wildman–Crippen MR) is 82.0 cm³/mol. The molecule has 1 N–H and O–H groups in total. The fourth-order valence-electron chi connectivity index (χ4n) is 4.69. The zero-order valence-electron chi connectivity index (χ0n) is 13.3. The average Bonchev–Trinajstić information content (AvgIpc) is 2.47. The van der Waals surface area contributed by atoms with Gasteiger partial charge in [0.25, 0.3) is 0 Å². The molecule has 108 valence electrons. The minimum absolute atomic E-state index is 0.106. The molecule has 0 heterocycles. The molecule has 0 saturated heterocycles. The minimum Gasteiger partial charge on any atom is -0.385 e. The van der Waals surface area contributed by atoms with Gasteiger partial charge in [0.05, 0.1) is 5.60 Å². The van der Waals surface area contributed by atoms with Crippen LogP contribution >= 0.6 is 0 Å². The molecule has 19 heavy (non-hydrogen) atoms. The summed E-state index contributed by atoms with van der Waals surface area (Å²) < 4.78 is 0. The van der Waals surface area contributed by atoms with Crippen molar-refractivity contribution < 1.29 is 5.11 Å². The van der Waals surface area contributed by atoms with E-state index in [2.05, 4.69) is 41.2 Å². The maximum Gasteiger partial charge on any atom is 0.0868 e. The molecule has 1 nitrogen and oxygen atoms in total. The van der Waals surface area contributed by atoms with Gasteiger partial charge in [-0.2, -0.15) is 0 Å². The smallest absolute Gasteiger partial charge is 0.0868 e. The van der Waals surface area contributed by atoms with Crippen molar-refractivity contribution in [3.63, 3.8) is 0 Å². The molecule has 0 aromatic carbocycles. The molecule has 1 heteroatoms. The Morgan fingerprint density at radius 1 is 1.26 bits per heavy atom. The predicted octanol–water partition coefficient (Wildman–Crippen LogP) is 4.87. The van der Waals surface area contributed by atoms with E-state index >= 15 is 0 Å². The highest BCUT2D eigenvalue weighted by Gasteiger charge is 2.56. The highest BCUT2D eigenvalue weighted by atomic mass is 16.3. The van der Waals surface area contributed by atoms with Crippen LogP contribution in [0.2, 0.25) is 0 Å². The zero-order valence-corrected chi connectivity index (χ0v) is 13.3. The van der Waals surface area contributed by atoms with E-state index in [1.807, 2.05) is 6.08 Å². The van der Waals surface area contributed by atoms with Crippen molar-refractivity contribution >= 4 is 0 Å². The molecule has 0 aliphatic heterocycles. The summed E-state index contributed by atoms with van der Waals surface area (Å²) in [5.41, 5.74) is 2.65. The Morgan fingerprint density at radius 3 is 2.47 bits per heavy atom. The summed E-state index contributed by atoms with van der Waals surface area (Å²) in [6.07, 6.45) is 6.89. The van der Waals surface area contributed by atoms with Gasteiger partial charge in [0.2, 0.25) is 0 Å². The first-order chi connectivity index (χ1) is 8.68. The van der Waals surface area contributed by atoms with Gasteiger partial charge in [-0.15, -0.1) is 6.58 Å². The number of hydrogen-bond acceptors (Lipinski definition) is 1. The molecular formula is C18H30O. The van der Waals surface area contributed by atoms with Crippen molar-refractivity contribution in [1.82, 2.24) is 0 Å². The average molecular weight is 262 g/mol. The number of allylic oxidation sites excluding steroid dienone is 2. The Morgan fingerprint density at radius 2 is 1.89 bits per heavy atom. The molecule has 2 aliphatic rings. The summed E-state index contributed by atoms with van der Waals surface area (Å²) in [6.45, 7) is 15.5. The van der Waals surface area contributed by atoms with Crippen LogP contribution in [-0.2, 0) is 0 Å². The van der Waals surface area contributed by atoms with Gasteiger partial charge in [0.15, 0.2) is 0 Å². The highest BCUT2D eigenvalue weighted by molar-refractivity contribution is 5.42. The molecule has 2 rings (SSSR count). The van der Waals surface area contributed by atoms with E-state index < -0.39 is 5.60 Å². The third-order valence-corrected chi connectivity index (χ3v) is 6.13. The molecule has 0 radical (unpaired) electrons. The largest absolute Gasteiger partial charge is 0.385 e. The van der Waals surface area contributed by atoms with E-state index in [4.69, 9.17) is 0 Å². The van der Waals surface area contributed by atoms with Gasteiger partial charge >= 0.3 is 0 Å². The van der Waals surface area contributed by atoms with Gasteiger partial charge in [0.1, 0.15) is 0 Å². The molecule has 0 spiro atoms. The molecule has 2 unspecified atom stereocenters. The topological polar surface area (TPSA) is 20.2 Å². The van der Waals surface area contributed by atoms with E-state index in [9.17, 15) is 5.11 Å². The molecule has 2 aliphatic carbocycles. The number of rotatable bonds is 3. The summed E-state index contributed by atoms with van der Waals surface area (Å²) in [7, 11) is 0. The first kappa shape index (κ1) is 14.8. The Hall–Kier alpha value is -0.560. The van der Waals surface area contributed by atoms with Gasteiger partial charge in [-0.05, 0) is 54.4 Å². The summed E-state index contributed by atoms with van der Waals surface area (Å²) in [5, 5.41) is 11.3. The Kier molecular flexibility index (Phi) is 3.50. The summed E-state index contributed by atoms with van der Waals surface area (Å²) in [4.78, 5) is 0. The normalized spacial score (nSPS) is 36.2. The molecule has 0 aromatic rings. The quantitative estimate of drug-likeness (QED) is 0.720. The Labute approximate surface area is 118 Å². The lowest BCUT2D eigenvalue weighted by atomic mass is 9.66. The van der Waals surface area contributed by atoms with Crippen molar-refractivity contribution in [2.45, 2.75) is 72.3 Å². The van der Waals surface area contributed by atoms with Crippen LogP contribution in [0.15, 0.2) is 23.8 Å². The first-order valence-electron chi connectivity index (χ1n) is 7.76. The second kappa shape index (κ2) is 4.48. The summed E-state index contributed by atoms with van der Waals surface area (Å²) in [5.74, 6) is 0.582. The van der Waals surface area contributed by atoms with Crippen molar-refractivity contribution in [3.8, 4) is 0 Å². The SMILES string of the molecule is C=CCCC1(O)CCCC2=C1C(C)(C)C(C)C2(C)C. The molecule has 0 aromatic heterocycles. The van der Waals surface area contributed by atoms with Crippen LogP contribution in [0.3, 0.4) is 0 Å². The molecule has 0 saturated carbocycles. The van der Waals surface area contributed by atoms with Crippen LogP contribution in [0.4, 0.5) is 0 Å². The van der Waals surface area contributed by atoms with E-state index in [-0.39, 0.29) is 10.8 Å². The van der Waals surface area contributed by atoms with Gasteiger partial charge in [-0.25, -0.2) is 0 Å². The van der Waals surface area contributed by atoms with Crippen molar-refractivity contribution in [2.24, 2.45) is 16.7 Å². The number of hydrogen-bond donors (Lipinski definition) is 1. The molecule has 0 amide bonds. The van der Waals surface area contributed by atoms with Crippen LogP contribution in [0.1, 0.15) is 66.7 Å². The van der Waals surface area contributed by atoms with Crippen molar-refractivity contribution in [1.29, 1.82) is 0 Å². The van der Waals surface area contributed by atoms with Gasteiger partial charge in [0, 0.05) is 0 Å². The van der Waals surface area contributed by atoms with Crippen LogP contribution in [0, 0.1) is 16.7 Å². The molecular weight excluding hydrogens is 232 g/mol. The van der Waals surface area contributed by atoms with Gasteiger partial charge in [-0.3, -0.25) is 0 Å². The lowest BCUT2D eigenvalue weighted by Gasteiger charge is -2.42. The van der Waals surface area contributed by atoms with Gasteiger partial charge < -0.3 is 5.11 Å². The minimum atomic E-state index is -0.590. The third-order valence-electron chi connectivity index (χ3n) is 6.13. The van der Waals surface area contributed by atoms with E-state index in [0.717, 1.165) is 25.7 Å². The zero-order chi connectivity index (χ0) is 14.5. The molecule has 2 atom stereocenters. The number of aliphatic hydroxyl groups is 1. The Balaban J connectivity index is 2.52. The van der Waals surface area contributed by atoms with E-state index in [0.29, 0.717) is 5.92 Å². The maximum atomic E-state index is 11.3. The second-order valence-corrected chi connectivity index (χ2v) is 7.73. The highest BCUT2D eigenvalue weighted by Crippen LogP contribution is 2.63. The lowest BCUT2D eigenvalue weighted by Crippen LogP contribution is -2.40. The van der Waals surface area contributed by atoms with Crippen LogP contribution in [0.5, 0.6) is 0 Å². The lowest BCUT2D eigenvalue weighted by molar-refractivity contribution is 0.0301. The molecule has 0 fully saturated rings. The van der Waals surface area contributed by atoms with Gasteiger partial charge in [-0.1, -0.05) is 46.3 Å². The summed E-state index contributed by atoms with van der Waals surface area (Å²) >= 11 is 0. The van der Waals surface area contributed by atoms with Crippen LogP contribution in [-0.4, -0.2) is 10.7 Å². The van der Waals surface area contributed by atoms with Crippen molar-refractivity contribution in [3.05, 3.63) is 23.8 Å². The standard InChI is InChI=1S/C18H30O/c1-7-8-11-18(19)12-9-10-14-15(18)17(5,6)13(2)16(14,3)4/h7,13,19H,1,8-12H2,2-6H3. The molecule has 0 bridgehead atoms. The fourth-order valence-corrected chi connectivity index (χ4v) is 4.69. The third kappa shape index (κ3) is 2.01. The van der Waals surface area contributed by atoms with Crippen LogP contribution < -0.4 is 0 Å². The summed E-state index contributed by atoms with van der Waals surface area (Å²) in [6, 6.07) is 0. The second-order valence-electron chi connectivity index (χ2n) is 7.73. The first-order valence-corrected chi connectivity index (χ1v) is 7.76. The monoisotopic (exact) mass is 262 g/mol. The van der Waals surface area contributed by atoms with E-state index in [1.165, 1.54) is 12.0 Å². The fraction of sp³-hybridized carbons (Fsp3) is 0.778. The van der Waals surface area contributed by atoms with Crippen molar-refractivity contribution in [2.75, 3.05) is 0 Å². The van der Waals surface area contributed by atoms with E-state index in [1.54, 1.807) is 5.57 Å². The maximum absolute atomic E-state index is 11.3.